The Morgan fingerprint density at radius 3 is 2.31 bits per heavy atom. The molecule has 7 nitrogen and oxygen atoms in total. The van der Waals surface area contributed by atoms with E-state index in [9.17, 15) is 9.59 Å². The lowest BCUT2D eigenvalue weighted by molar-refractivity contribution is -0.141. The fourth-order valence-corrected chi connectivity index (χ4v) is 3.73. The summed E-state index contributed by atoms with van der Waals surface area (Å²) in [5, 5.41) is 0.764. The van der Waals surface area contributed by atoms with Crippen molar-refractivity contribution in [2.75, 3.05) is 27.9 Å². The number of hydrogen-bond donors (Lipinski definition) is 0. The van der Waals surface area contributed by atoms with E-state index in [0.717, 1.165) is 35.0 Å². The summed E-state index contributed by atoms with van der Waals surface area (Å²) in [7, 11) is 4.45. The summed E-state index contributed by atoms with van der Waals surface area (Å²) in [6.45, 7) is 0.0151. The number of benzene rings is 2. The molecule has 0 spiro atoms. The van der Waals surface area contributed by atoms with Crippen molar-refractivity contribution in [1.82, 2.24) is 9.88 Å². The van der Waals surface area contributed by atoms with E-state index < -0.39 is 5.97 Å². The predicted molar refractivity (Wildman–Crippen MR) is 120 cm³/mol. The first-order valence-corrected chi connectivity index (χ1v) is 10.5. The lowest BCUT2D eigenvalue weighted by Gasteiger charge is -2.23. The Morgan fingerprint density at radius 1 is 1.00 bits per heavy atom. The molecular weight excluding hydrogens is 408 g/mol. The van der Waals surface area contributed by atoms with Gasteiger partial charge in [-0.15, -0.1) is 0 Å². The minimum absolute atomic E-state index is 0.176. The number of ether oxygens (including phenoxy) is 3. The predicted octanol–water partition coefficient (Wildman–Crippen LogP) is 3.94. The Morgan fingerprint density at radius 2 is 1.69 bits per heavy atom. The summed E-state index contributed by atoms with van der Waals surface area (Å²) in [5.74, 6) is 0.861. The molecule has 1 aliphatic rings. The quantitative estimate of drug-likeness (QED) is 0.500. The van der Waals surface area contributed by atoms with Crippen molar-refractivity contribution in [3.63, 3.8) is 0 Å². The Labute approximate surface area is 186 Å². The van der Waals surface area contributed by atoms with Crippen molar-refractivity contribution in [3.8, 4) is 11.5 Å². The van der Waals surface area contributed by atoms with Crippen LogP contribution in [0.3, 0.4) is 0 Å². The summed E-state index contributed by atoms with van der Waals surface area (Å²) in [4.78, 5) is 32.1. The second-order valence-corrected chi connectivity index (χ2v) is 7.84. The van der Waals surface area contributed by atoms with Crippen LogP contribution in [-0.4, -0.2) is 49.6 Å². The van der Waals surface area contributed by atoms with Gasteiger partial charge in [0.15, 0.2) is 0 Å². The number of carbonyl (C=O) groups excluding carboxylic acids is 2. The van der Waals surface area contributed by atoms with Gasteiger partial charge < -0.3 is 19.1 Å². The molecule has 4 rings (SSSR count). The molecule has 166 valence electrons. The lowest BCUT2D eigenvalue weighted by Crippen LogP contribution is -2.36. The fraction of sp³-hybridized carbons (Fsp3) is 0.320. The van der Waals surface area contributed by atoms with Crippen LogP contribution in [0.15, 0.2) is 48.5 Å². The van der Waals surface area contributed by atoms with Crippen LogP contribution in [0, 0.1) is 0 Å². The van der Waals surface area contributed by atoms with Gasteiger partial charge >= 0.3 is 5.97 Å². The molecule has 1 saturated carbocycles. The Balaban J connectivity index is 1.74. The first-order valence-electron chi connectivity index (χ1n) is 10.5. The number of methoxy groups -OCH3 is 3. The SMILES string of the molecule is COC(=O)CN(Cc1cc(OC)cc(OC)c1)C(=O)c1cc(C2CC2)nc2ccccc12. The van der Waals surface area contributed by atoms with Crippen LogP contribution >= 0.6 is 0 Å². The highest BCUT2D eigenvalue weighted by Crippen LogP contribution is 2.40. The zero-order chi connectivity index (χ0) is 22.7. The molecule has 0 atom stereocenters. The van der Waals surface area contributed by atoms with Gasteiger partial charge in [-0.1, -0.05) is 18.2 Å². The van der Waals surface area contributed by atoms with Crippen LogP contribution < -0.4 is 9.47 Å². The third kappa shape index (κ3) is 4.66. The third-order valence-corrected chi connectivity index (χ3v) is 5.58. The van der Waals surface area contributed by atoms with Crippen LogP contribution in [0.2, 0.25) is 0 Å². The number of carbonyl (C=O) groups is 2. The summed E-state index contributed by atoms with van der Waals surface area (Å²) in [6, 6.07) is 14.9. The van der Waals surface area contributed by atoms with Gasteiger partial charge in [0.1, 0.15) is 18.0 Å². The van der Waals surface area contributed by atoms with Gasteiger partial charge in [0.2, 0.25) is 0 Å². The molecular formula is C25H26N2O5. The van der Waals surface area contributed by atoms with Gasteiger partial charge in [0.05, 0.1) is 32.4 Å². The van der Waals surface area contributed by atoms with E-state index in [1.54, 1.807) is 20.3 Å². The molecule has 32 heavy (non-hydrogen) atoms. The molecule has 0 N–H and O–H groups in total. The highest BCUT2D eigenvalue weighted by molar-refractivity contribution is 6.07. The third-order valence-electron chi connectivity index (χ3n) is 5.58. The molecule has 0 bridgehead atoms. The summed E-state index contributed by atoms with van der Waals surface area (Å²) < 4.78 is 15.6. The van der Waals surface area contributed by atoms with Crippen molar-refractivity contribution in [1.29, 1.82) is 0 Å². The van der Waals surface area contributed by atoms with Gasteiger partial charge in [0, 0.05) is 29.6 Å². The Kier molecular flexibility index (Phi) is 6.25. The zero-order valence-electron chi connectivity index (χ0n) is 18.5. The van der Waals surface area contributed by atoms with Crippen molar-refractivity contribution in [2.45, 2.75) is 25.3 Å². The van der Waals surface area contributed by atoms with Crippen LogP contribution in [-0.2, 0) is 16.1 Å². The van der Waals surface area contributed by atoms with Crippen LogP contribution in [0.1, 0.15) is 40.4 Å². The number of rotatable bonds is 8. The van der Waals surface area contributed by atoms with E-state index in [4.69, 9.17) is 19.2 Å². The van der Waals surface area contributed by atoms with Gasteiger partial charge in [-0.05, 0) is 42.7 Å². The lowest BCUT2D eigenvalue weighted by atomic mass is 10.0. The number of hydrogen-bond acceptors (Lipinski definition) is 6. The van der Waals surface area contributed by atoms with E-state index in [2.05, 4.69) is 0 Å². The van der Waals surface area contributed by atoms with Crippen molar-refractivity contribution < 1.29 is 23.8 Å². The molecule has 0 radical (unpaired) electrons. The second kappa shape index (κ2) is 9.26. The average molecular weight is 434 g/mol. The van der Waals surface area contributed by atoms with Gasteiger partial charge in [-0.3, -0.25) is 14.6 Å². The molecule has 7 heteroatoms. The van der Waals surface area contributed by atoms with Gasteiger partial charge in [0.25, 0.3) is 5.91 Å². The minimum atomic E-state index is -0.492. The van der Waals surface area contributed by atoms with E-state index >= 15 is 0 Å². The number of aromatic nitrogens is 1. The number of fused-ring (bicyclic) bond motifs is 1. The van der Waals surface area contributed by atoms with E-state index in [0.29, 0.717) is 23.0 Å². The first-order chi connectivity index (χ1) is 15.5. The summed E-state index contributed by atoms with van der Waals surface area (Å²) in [6.07, 6.45) is 2.16. The number of pyridine rings is 1. The molecule has 1 heterocycles. The van der Waals surface area contributed by atoms with Crippen molar-refractivity contribution in [3.05, 3.63) is 65.4 Å². The maximum atomic E-state index is 13.7. The standard InChI is InChI=1S/C25H26N2O5/c1-30-18-10-16(11-19(12-18)31-2)14-27(15-24(28)32-3)25(29)21-13-23(17-8-9-17)26-22-7-5-4-6-20(21)22/h4-7,10-13,17H,8-9,14-15H2,1-3H3. The number of nitrogens with zero attached hydrogens (tertiary/aromatic N) is 2. The monoisotopic (exact) mass is 434 g/mol. The van der Waals surface area contributed by atoms with Crippen LogP contribution in [0.25, 0.3) is 10.9 Å². The molecule has 1 aliphatic carbocycles. The highest BCUT2D eigenvalue weighted by Gasteiger charge is 2.28. The molecule has 1 aromatic heterocycles. The number of esters is 1. The summed E-state index contributed by atoms with van der Waals surface area (Å²) in [5.41, 5.74) is 3.02. The smallest absolute Gasteiger partial charge is 0.325 e. The van der Waals surface area contributed by atoms with Crippen LogP contribution in [0.5, 0.6) is 11.5 Å². The second-order valence-electron chi connectivity index (χ2n) is 7.84. The molecule has 0 aliphatic heterocycles. The molecule has 0 unspecified atom stereocenters. The normalized spacial score (nSPS) is 13.0. The zero-order valence-corrected chi connectivity index (χ0v) is 18.5. The van der Waals surface area contributed by atoms with Crippen molar-refractivity contribution in [2.24, 2.45) is 0 Å². The maximum absolute atomic E-state index is 13.7. The van der Waals surface area contributed by atoms with Gasteiger partial charge in [-0.2, -0.15) is 0 Å². The summed E-state index contributed by atoms with van der Waals surface area (Å²) >= 11 is 0. The minimum Gasteiger partial charge on any atom is -0.497 e. The Bertz CT molecular complexity index is 1130. The van der Waals surface area contributed by atoms with E-state index in [1.807, 2.05) is 42.5 Å². The van der Waals surface area contributed by atoms with E-state index in [1.165, 1.54) is 12.0 Å². The molecule has 1 amide bonds. The number of amides is 1. The Hall–Kier alpha value is -3.61. The van der Waals surface area contributed by atoms with Crippen molar-refractivity contribution >= 4 is 22.8 Å². The van der Waals surface area contributed by atoms with Gasteiger partial charge in [-0.25, -0.2) is 0 Å². The largest absolute Gasteiger partial charge is 0.497 e. The van der Waals surface area contributed by atoms with E-state index in [-0.39, 0.29) is 19.0 Å². The molecule has 2 aromatic carbocycles. The first kappa shape index (κ1) is 21.6. The fourth-order valence-electron chi connectivity index (χ4n) is 3.73. The topological polar surface area (TPSA) is 78.0 Å². The number of para-hydroxylation sites is 1. The molecule has 1 fully saturated rings. The van der Waals surface area contributed by atoms with Crippen LogP contribution in [0.4, 0.5) is 0 Å². The average Bonchev–Trinajstić information content (AvgIpc) is 3.67. The highest BCUT2D eigenvalue weighted by atomic mass is 16.5. The molecule has 0 saturated heterocycles. The molecule has 3 aromatic rings. The maximum Gasteiger partial charge on any atom is 0.325 e.